The molecule has 0 bridgehead atoms. The molecule has 0 fully saturated rings. The molecule has 5 nitrogen and oxygen atoms in total. The Labute approximate surface area is 161 Å². The quantitative estimate of drug-likeness (QED) is 0.395. The highest BCUT2D eigenvalue weighted by molar-refractivity contribution is 7.99. The van der Waals surface area contributed by atoms with Crippen LogP contribution in [0.1, 0.15) is 30.8 Å². The highest BCUT2D eigenvalue weighted by Gasteiger charge is 2.22. The molecule has 2 aromatic carbocycles. The van der Waals surface area contributed by atoms with E-state index in [1.54, 1.807) is 0 Å². The Kier molecular flexibility index (Phi) is 5.07. The maximum Gasteiger partial charge on any atom is 0.257 e. The number of aromatic nitrogens is 3. The number of benzene rings is 2. The Bertz CT molecular complexity index is 955. The van der Waals surface area contributed by atoms with Crippen molar-refractivity contribution in [3.05, 3.63) is 72.4 Å². The van der Waals surface area contributed by atoms with Gasteiger partial charge in [0, 0.05) is 17.5 Å². The van der Waals surface area contributed by atoms with Gasteiger partial charge in [0.15, 0.2) is 11.6 Å². The van der Waals surface area contributed by atoms with Crippen molar-refractivity contribution in [3.8, 4) is 22.6 Å². The largest absolute Gasteiger partial charge is 0.431 e. The van der Waals surface area contributed by atoms with Crippen LogP contribution in [0.3, 0.4) is 0 Å². The van der Waals surface area contributed by atoms with E-state index in [4.69, 9.17) is 13.9 Å². The van der Waals surface area contributed by atoms with Crippen molar-refractivity contribution in [3.63, 3.8) is 0 Å². The van der Waals surface area contributed by atoms with Crippen molar-refractivity contribution in [2.24, 2.45) is 0 Å². The Balaban J connectivity index is 1.69. The fraction of sp³-hybridized carbons (Fsp3) is 0.190. The van der Waals surface area contributed by atoms with Gasteiger partial charge in [-0.3, -0.25) is 0 Å². The topological polar surface area (TPSA) is 65.0 Å². The minimum atomic E-state index is -0.0521. The summed E-state index contributed by atoms with van der Waals surface area (Å²) in [5, 5.41) is 4.49. The predicted molar refractivity (Wildman–Crippen MR) is 105 cm³/mol. The van der Waals surface area contributed by atoms with Crippen LogP contribution in [0.2, 0.25) is 0 Å². The molecule has 2 aromatic heterocycles. The molecule has 136 valence electrons. The van der Waals surface area contributed by atoms with Gasteiger partial charge in [-0.2, -0.15) is 4.98 Å². The van der Waals surface area contributed by atoms with Gasteiger partial charge in [0.2, 0.25) is 5.89 Å². The van der Waals surface area contributed by atoms with Crippen LogP contribution in [0.15, 0.2) is 74.8 Å². The van der Waals surface area contributed by atoms with Crippen molar-refractivity contribution in [1.29, 1.82) is 0 Å². The average molecular weight is 377 g/mol. The second-order valence-electron chi connectivity index (χ2n) is 6.05. The molecule has 27 heavy (non-hydrogen) atoms. The van der Waals surface area contributed by atoms with Crippen molar-refractivity contribution in [1.82, 2.24) is 15.1 Å². The molecule has 0 unspecified atom stereocenters. The molecular formula is C21H19N3O2S. The van der Waals surface area contributed by atoms with E-state index in [1.165, 1.54) is 11.8 Å². The van der Waals surface area contributed by atoms with Crippen LogP contribution in [0.5, 0.6) is 0 Å². The first kappa shape index (κ1) is 17.5. The van der Waals surface area contributed by atoms with Gasteiger partial charge in [0.25, 0.3) is 5.22 Å². The zero-order chi connectivity index (χ0) is 18.6. The number of rotatable bonds is 6. The van der Waals surface area contributed by atoms with Crippen LogP contribution >= 0.6 is 11.8 Å². The molecule has 4 rings (SSSR count). The Morgan fingerprint density at radius 1 is 0.926 bits per heavy atom. The average Bonchev–Trinajstić information content (AvgIpc) is 3.36. The molecule has 0 aliphatic carbocycles. The molecule has 0 aliphatic heterocycles. The first-order chi connectivity index (χ1) is 13.2. The summed E-state index contributed by atoms with van der Waals surface area (Å²) in [4.78, 5) is 9.16. The van der Waals surface area contributed by atoms with Crippen LogP contribution < -0.4 is 0 Å². The van der Waals surface area contributed by atoms with E-state index in [0.717, 1.165) is 29.0 Å². The molecular weight excluding hydrogens is 358 g/mol. The van der Waals surface area contributed by atoms with Crippen LogP contribution in [-0.4, -0.2) is 15.1 Å². The second-order valence-corrected chi connectivity index (χ2v) is 7.34. The molecule has 0 spiro atoms. The molecule has 6 heteroatoms. The van der Waals surface area contributed by atoms with E-state index in [9.17, 15) is 0 Å². The molecule has 4 aromatic rings. The standard InChI is InChI=1S/C21H19N3O2S/c1-3-17-22-20(26-24-17)14(2)27-21-23-18(15-10-6-4-7-11-15)19(25-21)16-12-8-5-9-13-16/h4-14H,3H2,1-2H3/t14-/m1/s1. The summed E-state index contributed by atoms with van der Waals surface area (Å²) in [5.74, 6) is 2.05. The molecule has 0 amide bonds. The first-order valence-corrected chi connectivity index (χ1v) is 9.73. The van der Waals surface area contributed by atoms with Gasteiger partial charge in [-0.05, 0) is 6.92 Å². The number of oxazole rings is 1. The monoisotopic (exact) mass is 377 g/mol. The second kappa shape index (κ2) is 7.80. The minimum absolute atomic E-state index is 0.0521. The summed E-state index contributed by atoms with van der Waals surface area (Å²) in [7, 11) is 0. The number of nitrogens with zero attached hydrogens (tertiary/aromatic N) is 3. The van der Waals surface area contributed by atoms with Crippen LogP contribution in [-0.2, 0) is 6.42 Å². The molecule has 0 saturated carbocycles. The lowest BCUT2D eigenvalue weighted by molar-refractivity contribution is 0.374. The molecule has 0 N–H and O–H groups in total. The molecule has 0 aliphatic rings. The van der Waals surface area contributed by atoms with Crippen molar-refractivity contribution in [2.75, 3.05) is 0 Å². The SMILES string of the molecule is CCc1noc([C@@H](C)Sc2nc(-c3ccccc3)c(-c3ccccc3)o2)n1. The molecule has 0 radical (unpaired) electrons. The predicted octanol–water partition coefficient (Wildman–Crippen LogP) is 5.81. The fourth-order valence-corrected chi connectivity index (χ4v) is 3.48. The van der Waals surface area contributed by atoms with E-state index in [1.807, 2.05) is 74.5 Å². The van der Waals surface area contributed by atoms with Gasteiger partial charge in [-0.1, -0.05) is 84.5 Å². The normalized spacial score (nSPS) is 12.2. The lowest BCUT2D eigenvalue weighted by Gasteiger charge is -2.01. The van der Waals surface area contributed by atoms with Gasteiger partial charge in [0.1, 0.15) is 5.69 Å². The summed E-state index contributed by atoms with van der Waals surface area (Å²) in [6.07, 6.45) is 0.746. The molecule has 1 atom stereocenters. The lowest BCUT2D eigenvalue weighted by atomic mass is 10.1. The summed E-state index contributed by atoms with van der Waals surface area (Å²) in [6.45, 7) is 4.00. The van der Waals surface area contributed by atoms with Crippen molar-refractivity contribution < 1.29 is 8.94 Å². The number of thioether (sulfide) groups is 1. The third-order valence-corrected chi connectivity index (χ3v) is 5.05. The smallest absolute Gasteiger partial charge is 0.257 e. The van der Waals surface area contributed by atoms with Gasteiger partial charge in [-0.15, -0.1) is 0 Å². The van der Waals surface area contributed by atoms with Gasteiger partial charge in [0.05, 0.1) is 5.25 Å². The number of hydrogen-bond acceptors (Lipinski definition) is 6. The highest BCUT2D eigenvalue weighted by atomic mass is 32.2. The highest BCUT2D eigenvalue weighted by Crippen LogP contribution is 2.40. The Hall–Kier alpha value is -2.86. The molecule has 2 heterocycles. The van der Waals surface area contributed by atoms with Gasteiger partial charge < -0.3 is 8.94 Å². The van der Waals surface area contributed by atoms with E-state index in [0.29, 0.717) is 16.9 Å². The van der Waals surface area contributed by atoms with Crippen molar-refractivity contribution in [2.45, 2.75) is 30.7 Å². The zero-order valence-electron chi connectivity index (χ0n) is 15.1. The van der Waals surface area contributed by atoms with Gasteiger partial charge >= 0.3 is 0 Å². The van der Waals surface area contributed by atoms with E-state index < -0.39 is 0 Å². The third kappa shape index (κ3) is 3.80. The van der Waals surface area contributed by atoms with E-state index in [-0.39, 0.29) is 5.25 Å². The maximum atomic E-state index is 6.14. The third-order valence-electron chi connectivity index (χ3n) is 4.12. The Morgan fingerprint density at radius 2 is 1.59 bits per heavy atom. The van der Waals surface area contributed by atoms with E-state index in [2.05, 4.69) is 10.1 Å². The fourth-order valence-electron chi connectivity index (χ4n) is 2.71. The minimum Gasteiger partial charge on any atom is -0.431 e. The van der Waals surface area contributed by atoms with E-state index >= 15 is 0 Å². The zero-order valence-corrected chi connectivity index (χ0v) is 15.9. The van der Waals surface area contributed by atoms with Crippen LogP contribution in [0.4, 0.5) is 0 Å². The summed E-state index contributed by atoms with van der Waals surface area (Å²) in [5.41, 5.74) is 2.84. The lowest BCUT2D eigenvalue weighted by Crippen LogP contribution is -1.90. The number of hydrogen-bond donors (Lipinski definition) is 0. The summed E-state index contributed by atoms with van der Waals surface area (Å²) >= 11 is 1.47. The van der Waals surface area contributed by atoms with Crippen molar-refractivity contribution >= 4 is 11.8 Å². The maximum absolute atomic E-state index is 6.14. The molecule has 0 saturated heterocycles. The summed E-state index contributed by atoms with van der Waals surface area (Å²) in [6, 6.07) is 20.1. The summed E-state index contributed by atoms with van der Waals surface area (Å²) < 4.78 is 11.5. The first-order valence-electron chi connectivity index (χ1n) is 8.85. The van der Waals surface area contributed by atoms with Gasteiger partial charge in [-0.25, -0.2) is 4.98 Å². The van der Waals surface area contributed by atoms with Crippen LogP contribution in [0, 0.1) is 0 Å². The number of aryl methyl sites for hydroxylation is 1. The Morgan fingerprint density at radius 3 is 2.22 bits per heavy atom. The van der Waals surface area contributed by atoms with Crippen LogP contribution in [0.25, 0.3) is 22.6 Å².